The maximum Gasteiger partial charge on any atom is 0.310 e. The van der Waals surface area contributed by atoms with Crippen molar-refractivity contribution in [2.45, 2.75) is 12.8 Å². The number of hydrogen-bond donors (Lipinski definition) is 1. The van der Waals surface area contributed by atoms with E-state index in [-0.39, 0.29) is 30.4 Å². The normalized spacial score (nSPS) is 10.1. The van der Waals surface area contributed by atoms with Gasteiger partial charge in [-0.05, 0) is 24.6 Å². The molecule has 0 saturated carbocycles. The molecule has 0 aliphatic rings. The van der Waals surface area contributed by atoms with Gasteiger partial charge in [0.2, 0.25) is 5.91 Å². The van der Waals surface area contributed by atoms with Crippen molar-refractivity contribution in [3.63, 3.8) is 0 Å². The van der Waals surface area contributed by atoms with Gasteiger partial charge in [0.1, 0.15) is 11.0 Å². The van der Waals surface area contributed by atoms with Crippen molar-refractivity contribution in [1.29, 1.82) is 0 Å². The van der Waals surface area contributed by atoms with Crippen molar-refractivity contribution < 1.29 is 14.5 Å². The van der Waals surface area contributed by atoms with Gasteiger partial charge in [-0.25, -0.2) is 4.98 Å². The number of nitro groups is 1. The number of aromatic nitrogens is 1. The highest BCUT2D eigenvalue weighted by Gasteiger charge is 2.13. The first-order valence-electron chi connectivity index (χ1n) is 6.85. The predicted octanol–water partition coefficient (Wildman–Crippen LogP) is 3.44. The average Bonchev–Trinajstić information content (AvgIpc) is 2.52. The molecule has 1 N–H and O–H groups in total. The Balaban J connectivity index is 1.77. The Morgan fingerprint density at radius 3 is 2.78 bits per heavy atom. The molecule has 7 nitrogen and oxygen atoms in total. The first kappa shape index (κ1) is 16.7. The Bertz CT molecular complexity index is 709. The van der Waals surface area contributed by atoms with Crippen LogP contribution in [0, 0.1) is 10.1 Å². The molecule has 0 aliphatic carbocycles. The molecule has 23 heavy (non-hydrogen) atoms. The summed E-state index contributed by atoms with van der Waals surface area (Å²) in [6.45, 7) is 0.196. The molecule has 0 spiro atoms. The summed E-state index contributed by atoms with van der Waals surface area (Å²) < 4.78 is 5.36. The van der Waals surface area contributed by atoms with Gasteiger partial charge in [-0.15, -0.1) is 0 Å². The van der Waals surface area contributed by atoms with E-state index in [9.17, 15) is 14.9 Å². The number of carbonyl (C=O) groups excluding carboxylic acids is 1. The zero-order chi connectivity index (χ0) is 16.7. The van der Waals surface area contributed by atoms with E-state index in [0.717, 1.165) is 0 Å². The van der Waals surface area contributed by atoms with Gasteiger partial charge in [0.15, 0.2) is 5.75 Å². The van der Waals surface area contributed by atoms with Crippen LogP contribution in [0.3, 0.4) is 0 Å². The van der Waals surface area contributed by atoms with E-state index in [1.165, 1.54) is 12.1 Å². The van der Waals surface area contributed by atoms with Crippen molar-refractivity contribution in [2.24, 2.45) is 0 Å². The van der Waals surface area contributed by atoms with Crippen LogP contribution in [-0.2, 0) is 4.79 Å². The number of para-hydroxylation sites is 2. The summed E-state index contributed by atoms with van der Waals surface area (Å²) in [5.74, 6) is 0.336. The van der Waals surface area contributed by atoms with Crippen LogP contribution in [0.2, 0.25) is 5.15 Å². The molecule has 0 atom stereocenters. The van der Waals surface area contributed by atoms with Crippen LogP contribution in [0.1, 0.15) is 12.8 Å². The molecule has 1 aromatic heterocycles. The minimum Gasteiger partial charge on any atom is -0.487 e. The number of anilines is 1. The Morgan fingerprint density at radius 2 is 2.04 bits per heavy atom. The fraction of sp³-hybridized carbons (Fsp3) is 0.200. The van der Waals surface area contributed by atoms with Crippen LogP contribution in [0.4, 0.5) is 11.5 Å². The van der Waals surface area contributed by atoms with Crippen LogP contribution in [0.15, 0.2) is 42.5 Å². The van der Waals surface area contributed by atoms with Gasteiger partial charge in [-0.2, -0.15) is 0 Å². The monoisotopic (exact) mass is 335 g/mol. The van der Waals surface area contributed by atoms with Crippen LogP contribution in [0.25, 0.3) is 0 Å². The quantitative estimate of drug-likeness (QED) is 0.362. The number of halogens is 1. The van der Waals surface area contributed by atoms with Crippen molar-refractivity contribution in [2.75, 3.05) is 11.9 Å². The largest absolute Gasteiger partial charge is 0.487 e. The lowest BCUT2D eigenvalue weighted by Gasteiger charge is -2.07. The Kier molecular flexibility index (Phi) is 5.87. The zero-order valence-corrected chi connectivity index (χ0v) is 12.8. The summed E-state index contributed by atoms with van der Waals surface area (Å²) in [6.07, 6.45) is 0.618. The van der Waals surface area contributed by atoms with Crippen LogP contribution in [0.5, 0.6) is 5.75 Å². The number of amides is 1. The second-order valence-corrected chi connectivity index (χ2v) is 4.96. The third kappa shape index (κ3) is 5.23. The molecule has 0 fully saturated rings. The number of ether oxygens (including phenoxy) is 1. The smallest absolute Gasteiger partial charge is 0.310 e. The summed E-state index contributed by atoms with van der Waals surface area (Å²) in [4.78, 5) is 26.0. The van der Waals surface area contributed by atoms with Crippen molar-refractivity contribution >= 4 is 29.0 Å². The summed E-state index contributed by atoms with van der Waals surface area (Å²) in [5.41, 5.74) is -0.0971. The number of nitrogens with one attached hydrogen (secondary N) is 1. The maximum absolute atomic E-state index is 11.8. The van der Waals surface area contributed by atoms with Gasteiger partial charge in [-0.3, -0.25) is 14.9 Å². The van der Waals surface area contributed by atoms with Crippen molar-refractivity contribution in [3.8, 4) is 5.75 Å². The van der Waals surface area contributed by atoms with Crippen LogP contribution >= 0.6 is 11.6 Å². The van der Waals surface area contributed by atoms with E-state index in [1.54, 1.807) is 30.3 Å². The Hall–Kier alpha value is -2.67. The summed E-state index contributed by atoms with van der Waals surface area (Å²) in [5, 5.41) is 13.7. The predicted molar refractivity (Wildman–Crippen MR) is 85.7 cm³/mol. The Labute approximate surface area is 137 Å². The number of nitrogens with zero attached hydrogens (tertiary/aromatic N) is 2. The minimum absolute atomic E-state index is 0.0971. The summed E-state index contributed by atoms with van der Waals surface area (Å²) in [6, 6.07) is 11.0. The number of carbonyl (C=O) groups is 1. The molecule has 1 amide bonds. The van der Waals surface area contributed by atoms with Gasteiger partial charge >= 0.3 is 5.69 Å². The third-order valence-corrected chi connectivity index (χ3v) is 3.06. The second-order valence-electron chi connectivity index (χ2n) is 4.57. The first-order chi connectivity index (χ1) is 11.1. The molecule has 2 rings (SSSR count). The fourth-order valence-electron chi connectivity index (χ4n) is 1.83. The SMILES string of the molecule is O=C(CCCOc1ccccc1[N+](=O)[O-])Nc1cccc(Cl)n1. The first-order valence-corrected chi connectivity index (χ1v) is 7.22. The number of hydrogen-bond acceptors (Lipinski definition) is 5. The molecule has 2 aromatic rings. The highest BCUT2D eigenvalue weighted by Crippen LogP contribution is 2.25. The van der Waals surface area contributed by atoms with Gasteiger partial charge in [0.05, 0.1) is 11.5 Å². The average molecular weight is 336 g/mol. The molecule has 0 saturated heterocycles. The van der Waals surface area contributed by atoms with Crippen LogP contribution < -0.4 is 10.1 Å². The van der Waals surface area contributed by atoms with E-state index >= 15 is 0 Å². The standard InChI is InChI=1S/C15H14ClN3O4/c16-13-7-3-8-14(17-13)18-15(20)9-4-10-23-12-6-2-1-5-11(12)19(21)22/h1-3,5-8H,4,9-10H2,(H,17,18,20). The molecule has 0 aliphatic heterocycles. The molecular weight excluding hydrogens is 322 g/mol. The Morgan fingerprint density at radius 1 is 1.26 bits per heavy atom. The molecule has 120 valence electrons. The maximum atomic E-state index is 11.8. The highest BCUT2D eigenvalue weighted by atomic mass is 35.5. The lowest BCUT2D eigenvalue weighted by molar-refractivity contribution is -0.385. The highest BCUT2D eigenvalue weighted by molar-refractivity contribution is 6.29. The molecule has 0 unspecified atom stereocenters. The number of nitro benzene ring substituents is 1. The van der Waals surface area contributed by atoms with Gasteiger partial charge < -0.3 is 10.1 Å². The second kappa shape index (κ2) is 8.09. The molecule has 1 heterocycles. The molecule has 8 heteroatoms. The minimum atomic E-state index is -0.507. The van der Waals surface area contributed by atoms with E-state index < -0.39 is 4.92 Å². The van der Waals surface area contributed by atoms with Gasteiger partial charge in [0, 0.05) is 12.5 Å². The third-order valence-electron chi connectivity index (χ3n) is 2.85. The zero-order valence-electron chi connectivity index (χ0n) is 12.1. The van der Waals surface area contributed by atoms with Crippen LogP contribution in [-0.4, -0.2) is 22.4 Å². The van der Waals surface area contributed by atoms with Gasteiger partial charge in [0.25, 0.3) is 0 Å². The summed E-state index contributed by atoms with van der Waals surface area (Å²) in [7, 11) is 0. The molecule has 0 bridgehead atoms. The number of pyridine rings is 1. The van der Waals surface area contributed by atoms with E-state index in [2.05, 4.69) is 10.3 Å². The molecule has 1 aromatic carbocycles. The lowest BCUT2D eigenvalue weighted by Crippen LogP contribution is -2.13. The summed E-state index contributed by atoms with van der Waals surface area (Å²) >= 11 is 5.73. The van der Waals surface area contributed by atoms with Crippen molar-refractivity contribution in [1.82, 2.24) is 4.98 Å². The molecular formula is C15H14ClN3O4. The van der Waals surface area contributed by atoms with E-state index in [0.29, 0.717) is 17.4 Å². The topological polar surface area (TPSA) is 94.4 Å². The number of benzene rings is 1. The van der Waals surface area contributed by atoms with Crippen molar-refractivity contribution in [3.05, 3.63) is 57.7 Å². The van der Waals surface area contributed by atoms with E-state index in [1.807, 2.05) is 0 Å². The van der Waals surface area contributed by atoms with E-state index in [4.69, 9.17) is 16.3 Å². The fourth-order valence-corrected chi connectivity index (χ4v) is 1.99. The molecule has 0 radical (unpaired) electrons. The lowest BCUT2D eigenvalue weighted by atomic mass is 10.3. The van der Waals surface area contributed by atoms with Gasteiger partial charge in [-0.1, -0.05) is 29.8 Å². The number of rotatable bonds is 7.